The van der Waals surface area contributed by atoms with Crippen LogP contribution in [-0.2, 0) is 33.3 Å². The van der Waals surface area contributed by atoms with Gasteiger partial charge >= 0.3 is 11.9 Å². The molecular weight excluding hydrogens is 658 g/mol. The Hall–Kier alpha value is -1.97. The van der Waals surface area contributed by atoms with Gasteiger partial charge in [0, 0.05) is 12.8 Å². The summed E-state index contributed by atoms with van der Waals surface area (Å²) in [5, 5.41) is 11.6. The molecule has 0 aromatic rings. The van der Waals surface area contributed by atoms with Crippen LogP contribution in [-0.4, -0.2) is 82.3 Å². The monoisotopic (exact) mass is 740 g/mol. The van der Waals surface area contributed by atoms with E-state index in [9.17, 15) is 19.5 Å². The van der Waals surface area contributed by atoms with Gasteiger partial charge in [-0.3, -0.25) is 9.59 Å². The number of unbranched alkanes of at least 4 members (excludes halogenated alkanes) is 22. The Kier molecular flexibility index (Phi) is 34.7. The minimum absolute atomic E-state index is 0.150. The number of hydrogen-bond donors (Lipinski definition) is 0. The number of rotatable bonds is 39. The fraction of sp³-hybridized carbons (Fsp3) is 0.884. The molecule has 9 nitrogen and oxygen atoms in total. The predicted octanol–water partition coefficient (Wildman–Crippen LogP) is 9.39. The SMILES string of the molecule is CCCCCCCC/C=C\CCCCCCCCCC(=O)OC(COC(=O)CCCCCCCCCCCC)COC(OCC[N+](C)(C)C)C(=O)[O-]. The summed E-state index contributed by atoms with van der Waals surface area (Å²) in [7, 11) is 5.90. The molecule has 0 spiro atoms. The number of carbonyl (C=O) groups excluding carboxylic acids is 3. The Morgan fingerprint density at radius 2 is 0.981 bits per heavy atom. The zero-order valence-corrected chi connectivity index (χ0v) is 34.4. The predicted molar refractivity (Wildman–Crippen MR) is 210 cm³/mol. The highest BCUT2D eigenvalue weighted by Gasteiger charge is 2.21. The Labute approximate surface area is 319 Å². The van der Waals surface area contributed by atoms with Gasteiger partial charge in [-0.05, 0) is 38.5 Å². The maximum atomic E-state index is 12.7. The van der Waals surface area contributed by atoms with Crippen molar-refractivity contribution in [3.8, 4) is 0 Å². The van der Waals surface area contributed by atoms with Gasteiger partial charge in [-0.1, -0.05) is 148 Å². The van der Waals surface area contributed by atoms with E-state index in [1.54, 1.807) is 0 Å². The van der Waals surface area contributed by atoms with E-state index in [1.165, 1.54) is 109 Å². The number of aliphatic carboxylic acids is 1. The van der Waals surface area contributed by atoms with E-state index in [-0.39, 0.29) is 32.2 Å². The first-order valence-corrected chi connectivity index (χ1v) is 21.3. The summed E-state index contributed by atoms with van der Waals surface area (Å²) < 4.78 is 22.5. The van der Waals surface area contributed by atoms with Crippen LogP contribution in [0.25, 0.3) is 0 Å². The standard InChI is InChI=1S/C43H81NO8/c1-6-8-10-12-14-16-18-19-20-21-22-23-24-26-28-30-32-34-41(46)52-39(38-51-43(42(47)48)49-36-35-44(3,4)5)37-50-40(45)33-31-29-27-25-17-15-13-11-9-7-2/h19-20,39,43H,6-18,21-38H2,1-5H3/b20-19-. The van der Waals surface area contributed by atoms with Gasteiger partial charge in [-0.25, -0.2) is 0 Å². The molecule has 52 heavy (non-hydrogen) atoms. The highest BCUT2D eigenvalue weighted by Crippen LogP contribution is 2.14. The number of carboxylic acid groups (broad SMARTS) is 1. The van der Waals surface area contributed by atoms with Crippen LogP contribution in [0.4, 0.5) is 0 Å². The summed E-state index contributed by atoms with van der Waals surface area (Å²) in [4.78, 5) is 36.8. The Balaban J connectivity index is 4.43. The molecule has 0 aliphatic carbocycles. The van der Waals surface area contributed by atoms with Gasteiger partial charge in [0.1, 0.15) is 13.2 Å². The summed E-state index contributed by atoms with van der Waals surface area (Å²) in [6.07, 6.45) is 32.4. The first-order chi connectivity index (χ1) is 25.1. The summed E-state index contributed by atoms with van der Waals surface area (Å²) in [6, 6.07) is 0. The fourth-order valence-corrected chi connectivity index (χ4v) is 5.88. The molecule has 0 amide bonds. The Bertz CT molecular complexity index is 872. The molecule has 9 heteroatoms. The highest BCUT2D eigenvalue weighted by atomic mass is 16.7. The first-order valence-electron chi connectivity index (χ1n) is 21.3. The average molecular weight is 740 g/mol. The third-order valence-corrected chi connectivity index (χ3v) is 9.26. The lowest BCUT2D eigenvalue weighted by atomic mass is 10.1. The summed E-state index contributed by atoms with van der Waals surface area (Å²) in [6.45, 7) is 4.72. The molecule has 0 saturated heterocycles. The Morgan fingerprint density at radius 1 is 0.558 bits per heavy atom. The smallest absolute Gasteiger partial charge is 0.306 e. The molecular formula is C43H81NO8. The normalized spacial score (nSPS) is 13.0. The molecule has 0 radical (unpaired) electrons. The molecule has 0 saturated carbocycles. The molecule has 0 aliphatic rings. The summed E-state index contributed by atoms with van der Waals surface area (Å²) in [5.74, 6) is -2.28. The number of esters is 2. The molecule has 0 heterocycles. The third-order valence-electron chi connectivity index (χ3n) is 9.26. The van der Waals surface area contributed by atoms with Gasteiger partial charge in [0.15, 0.2) is 12.4 Å². The number of allylic oxidation sites excluding steroid dienone is 2. The van der Waals surface area contributed by atoms with Crippen molar-refractivity contribution >= 4 is 17.9 Å². The Morgan fingerprint density at radius 3 is 1.42 bits per heavy atom. The number of nitrogens with zero attached hydrogens (tertiary/aromatic N) is 1. The molecule has 0 aromatic carbocycles. The minimum atomic E-state index is -1.61. The van der Waals surface area contributed by atoms with Crippen LogP contribution in [0.5, 0.6) is 0 Å². The van der Waals surface area contributed by atoms with Crippen molar-refractivity contribution in [1.82, 2.24) is 0 Å². The van der Waals surface area contributed by atoms with E-state index in [0.717, 1.165) is 44.9 Å². The molecule has 0 N–H and O–H groups in total. The fourth-order valence-electron chi connectivity index (χ4n) is 5.88. The molecule has 0 rings (SSSR count). The van der Waals surface area contributed by atoms with E-state index in [2.05, 4.69) is 26.0 Å². The molecule has 2 atom stereocenters. The van der Waals surface area contributed by atoms with E-state index in [1.807, 2.05) is 21.1 Å². The van der Waals surface area contributed by atoms with Crippen molar-refractivity contribution in [2.45, 2.75) is 200 Å². The number of hydrogen-bond acceptors (Lipinski definition) is 8. The van der Waals surface area contributed by atoms with Crippen LogP contribution in [0.1, 0.15) is 187 Å². The van der Waals surface area contributed by atoms with E-state index in [0.29, 0.717) is 23.9 Å². The van der Waals surface area contributed by atoms with E-state index in [4.69, 9.17) is 18.9 Å². The lowest BCUT2D eigenvalue weighted by molar-refractivity contribution is -0.870. The molecule has 0 bridgehead atoms. The van der Waals surface area contributed by atoms with Gasteiger partial charge in [-0.2, -0.15) is 0 Å². The minimum Gasteiger partial charge on any atom is -0.545 e. The number of likely N-dealkylation sites (N-methyl/N-ethyl adjacent to an activating group) is 1. The second kappa shape index (κ2) is 36.0. The maximum Gasteiger partial charge on any atom is 0.306 e. The van der Waals surface area contributed by atoms with Crippen molar-refractivity contribution in [1.29, 1.82) is 0 Å². The average Bonchev–Trinajstić information content (AvgIpc) is 3.09. The van der Waals surface area contributed by atoms with Crippen molar-refractivity contribution < 1.29 is 42.9 Å². The van der Waals surface area contributed by atoms with Crippen LogP contribution in [0, 0.1) is 0 Å². The van der Waals surface area contributed by atoms with Crippen LogP contribution in [0.2, 0.25) is 0 Å². The molecule has 0 aliphatic heterocycles. The molecule has 0 aromatic heterocycles. The van der Waals surface area contributed by atoms with Crippen molar-refractivity contribution in [3.05, 3.63) is 12.2 Å². The zero-order chi connectivity index (χ0) is 38.5. The number of carbonyl (C=O) groups is 3. The van der Waals surface area contributed by atoms with Crippen LogP contribution < -0.4 is 5.11 Å². The quantitative estimate of drug-likeness (QED) is 0.0202. The molecule has 2 unspecified atom stereocenters. The highest BCUT2D eigenvalue weighted by molar-refractivity contribution is 5.70. The zero-order valence-electron chi connectivity index (χ0n) is 34.4. The summed E-state index contributed by atoms with van der Waals surface area (Å²) >= 11 is 0. The largest absolute Gasteiger partial charge is 0.545 e. The van der Waals surface area contributed by atoms with Crippen molar-refractivity contribution in [2.75, 3.05) is 47.5 Å². The lowest BCUT2D eigenvalue weighted by Crippen LogP contribution is -2.44. The second-order valence-electron chi connectivity index (χ2n) is 15.6. The maximum absolute atomic E-state index is 12.7. The lowest BCUT2D eigenvalue weighted by Gasteiger charge is -2.26. The van der Waals surface area contributed by atoms with Crippen molar-refractivity contribution in [3.63, 3.8) is 0 Å². The van der Waals surface area contributed by atoms with Gasteiger partial charge in [0.25, 0.3) is 0 Å². The second-order valence-corrected chi connectivity index (χ2v) is 15.6. The van der Waals surface area contributed by atoms with Crippen LogP contribution >= 0.6 is 0 Å². The molecule has 306 valence electrons. The third kappa shape index (κ3) is 36.4. The number of carboxylic acids is 1. The van der Waals surface area contributed by atoms with E-state index < -0.39 is 24.3 Å². The molecule has 0 fully saturated rings. The number of ether oxygens (including phenoxy) is 4. The van der Waals surface area contributed by atoms with Crippen LogP contribution in [0.3, 0.4) is 0 Å². The van der Waals surface area contributed by atoms with Gasteiger partial charge in [0.05, 0.1) is 40.3 Å². The first kappa shape index (κ1) is 50.0. The van der Waals surface area contributed by atoms with Gasteiger partial charge in [-0.15, -0.1) is 0 Å². The van der Waals surface area contributed by atoms with Crippen molar-refractivity contribution in [2.24, 2.45) is 0 Å². The number of quaternary nitrogens is 1. The van der Waals surface area contributed by atoms with E-state index >= 15 is 0 Å². The summed E-state index contributed by atoms with van der Waals surface area (Å²) in [5.41, 5.74) is 0. The topological polar surface area (TPSA) is 111 Å². The van der Waals surface area contributed by atoms with Gasteiger partial charge in [0.2, 0.25) is 0 Å². The van der Waals surface area contributed by atoms with Crippen LogP contribution in [0.15, 0.2) is 12.2 Å². The van der Waals surface area contributed by atoms with Gasteiger partial charge < -0.3 is 33.3 Å².